The van der Waals surface area contributed by atoms with E-state index in [0.717, 1.165) is 0 Å². The second-order valence-corrected chi connectivity index (χ2v) is 4.73. The molecule has 4 nitrogen and oxygen atoms in total. The van der Waals surface area contributed by atoms with Crippen LogP contribution in [0, 0.1) is 5.92 Å². The number of hydrogen-bond acceptors (Lipinski definition) is 3. The van der Waals surface area contributed by atoms with E-state index in [-0.39, 0.29) is 5.56 Å². The molecule has 92 valence electrons. The normalized spacial score (nSPS) is 15.4. The lowest BCUT2D eigenvalue weighted by Crippen LogP contribution is -2.30. The SMILES string of the molecule is C=CCNc1c(Cl)cnn(CC2CCC2)c1=O. The van der Waals surface area contributed by atoms with E-state index >= 15 is 0 Å². The zero-order chi connectivity index (χ0) is 12.3. The molecule has 17 heavy (non-hydrogen) atoms. The van der Waals surface area contributed by atoms with Gasteiger partial charge in [0.1, 0.15) is 5.69 Å². The van der Waals surface area contributed by atoms with Gasteiger partial charge >= 0.3 is 0 Å². The van der Waals surface area contributed by atoms with Crippen molar-refractivity contribution in [2.75, 3.05) is 11.9 Å². The van der Waals surface area contributed by atoms with E-state index in [1.54, 1.807) is 6.08 Å². The van der Waals surface area contributed by atoms with Gasteiger partial charge in [0.05, 0.1) is 11.2 Å². The molecule has 0 radical (unpaired) electrons. The first-order valence-corrected chi connectivity index (χ1v) is 6.20. The summed E-state index contributed by atoms with van der Waals surface area (Å²) in [6.07, 6.45) is 6.84. The summed E-state index contributed by atoms with van der Waals surface area (Å²) in [4.78, 5) is 12.1. The third-order valence-electron chi connectivity index (χ3n) is 3.08. The number of aromatic nitrogens is 2. The lowest BCUT2D eigenvalue weighted by Gasteiger charge is -2.25. The number of hydrogen-bond donors (Lipinski definition) is 1. The van der Waals surface area contributed by atoms with Gasteiger partial charge in [0, 0.05) is 13.1 Å². The molecule has 0 amide bonds. The van der Waals surface area contributed by atoms with E-state index in [9.17, 15) is 4.79 Å². The monoisotopic (exact) mass is 253 g/mol. The van der Waals surface area contributed by atoms with Gasteiger partial charge in [-0.3, -0.25) is 4.79 Å². The molecule has 1 saturated carbocycles. The first kappa shape index (κ1) is 12.2. The highest BCUT2D eigenvalue weighted by atomic mass is 35.5. The van der Waals surface area contributed by atoms with Crippen LogP contribution in [0.3, 0.4) is 0 Å². The van der Waals surface area contributed by atoms with Gasteiger partial charge in [-0.05, 0) is 18.8 Å². The Kier molecular flexibility index (Phi) is 3.84. The van der Waals surface area contributed by atoms with Crippen molar-refractivity contribution in [2.45, 2.75) is 25.8 Å². The minimum Gasteiger partial charge on any atom is -0.376 e. The molecule has 1 heterocycles. The van der Waals surface area contributed by atoms with Crippen LogP contribution >= 0.6 is 11.6 Å². The minimum absolute atomic E-state index is 0.147. The first-order valence-electron chi connectivity index (χ1n) is 5.82. The summed E-state index contributed by atoms with van der Waals surface area (Å²) >= 11 is 5.95. The molecule has 1 aromatic rings. The van der Waals surface area contributed by atoms with Crippen LogP contribution in [0.2, 0.25) is 5.02 Å². The summed E-state index contributed by atoms with van der Waals surface area (Å²) in [5.74, 6) is 0.591. The van der Waals surface area contributed by atoms with Crippen LogP contribution in [0.15, 0.2) is 23.6 Å². The Morgan fingerprint density at radius 1 is 1.65 bits per heavy atom. The van der Waals surface area contributed by atoms with Gasteiger partial charge < -0.3 is 5.32 Å². The standard InChI is InChI=1S/C12H16ClN3O/c1-2-6-14-11-10(13)7-15-16(12(11)17)8-9-4-3-5-9/h2,7,9,14H,1,3-6,8H2. The lowest BCUT2D eigenvalue weighted by atomic mass is 9.85. The Bertz CT molecular complexity index is 465. The highest BCUT2D eigenvalue weighted by Gasteiger charge is 2.20. The summed E-state index contributed by atoms with van der Waals surface area (Å²) in [6.45, 7) is 4.81. The van der Waals surface area contributed by atoms with Crippen molar-refractivity contribution >= 4 is 17.3 Å². The number of halogens is 1. The van der Waals surface area contributed by atoms with Crippen molar-refractivity contribution in [2.24, 2.45) is 5.92 Å². The van der Waals surface area contributed by atoms with Crippen molar-refractivity contribution in [3.63, 3.8) is 0 Å². The fourth-order valence-corrected chi connectivity index (χ4v) is 2.04. The van der Waals surface area contributed by atoms with Crippen molar-refractivity contribution < 1.29 is 0 Å². The highest BCUT2D eigenvalue weighted by Crippen LogP contribution is 2.27. The van der Waals surface area contributed by atoms with Gasteiger partial charge in [0.25, 0.3) is 5.56 Å². The summed E-state index contributed by atoms with van der Waals surface area (Å²) in [5, 5.41) is 7.39. The van der Waals surface area contributed by atoms with Crippen LogP contribution in [0.5, 0.6) is 0 Å². The molecule has 1 aromatic heterocycles. The summed E-state index contributed by atoms with van der Waals surface area (Å²) in [5.41, 5.74) is 0.271. The van der Waals surface area contributed by atoms with Gasteiger partial charge in [-0.1, -0.05) is 24.1 Å². The molecular formula is C12H16ClN3O. The van der Waals surface area contributed by atoms with Crippen molar-refractivity contribution in [1.82, 2.24) is 9.78 Å². The minimum atomic E-state index is -0.147. The predicted octanol–water partition coefficient (Wildman–Crippen LogP) is 2.29. The van der Waals surface area contributed by atoms with Gasteiger partial charge in [0.15, 0.2) is 0 Å². The fraction of sp³-hybridized carbons (Fsp3) is 0.500. The number of nitrogens with one attached hydrogen (secondary N) is 1. The fourth-order valence-electron chi connectivity index (χ4n) is 1.85. The Morgan fingerprint density at radius 2 is 2.41 bits per heavy atom. The van der Waals surface area contributed by atoms with Crippen LogP contribution in [0.1, 0.15) is 19.3 Å². The van der Waals surface area contributed by atoms with E-state index in [0.29, 0.717) is 29.7 Å². The maximum Gasteiger partial charge on any atom is 0.291 e. The molecule has 5 heteroatoms. The van der Waals surface area contributed by atoms with Crippen LogP contribution in [-0.2, 0) is 6.54 Å². The molecule has 0 aromatic carbocycles. The topological polar surface area (TPSA) is 46.9 Å². The van der Waals surface area contributed by atoms with Gasteiger partial charge in [-0.2, -0.15) is 5.10 Å². The van der Waals surface area contributed by atoms with Crippen molar-refractivity contribution in [3.05, 3.63) is 34.2 Å². The zero-order valence-electron chi connectivity index (χ0n) is 9.66. The molecule has 0 saturated heterocycles. The molecule has 0 bridgehead atoms. The largest absolute Gasteiger partial charge is 0.376 e. The van der Waals surface area contributed by atoms with Crippen LogP contribution in [-0.4, -0.2) is 16.3 Å². The van der Waals surface area contributed by atoms with Gasteiger partial charge in [-0.25, -0.2) is 4.68 Å². The van der Waals surface area contributed by atoms with E-state index < -0.39 is 0 Å². The number of nitrogens with zero attached hydrogens (tertiary/aromatic N) is 2. The number of anilines is 1. The molecule has 1 fully saturated rings. The smallest absolute Gasteiger partial charge is 0.291 e. The molecule has 0 atom stereocenters. The maximum atomic E-state index is 12.1. The van der Waals surface area contributed by atoms with Gasteiger partial charge in [-0.15, -0.1) is 6.58 Å². The predicted molar refractivity (Wildman–Crippen MR) is 69.5 cm³/mol. The van der Waals surface area contributed by atoms with Crippen LogP contribution < -0.4 is 10.9 Å². The summed E-state index contributed by atoms with van der Waals surface area (Å²) in [6, 6.07) is 0. The molecule has 0 spiro atoms. The van der Waals surface area contributed by atoms with Crippen molar-refractivity contribution in [3.8, 4) is 0 Å². The average molecular weight is 254 g/mol. The Balaban J connectivity index is 2.21. The molecule has 1 aliphatic carbocycles. The third-order valence-corrected chi connectivity index (χ3v) is 3.36. The molecule has 1 aliphatic rings. The maximum absolute atomic E-state index is 12.1. The number of rotatable bonds is 5. The van der Waals surface area contributed by atoms with E-state index in [1.807, 2.05) is 0 Å². The van der Waals surface area contributed by atoms with Gasteiger partial charge in [0.2, 0.25) is 0 Å². The van der Waals surface area contributed by atoms with E-state index in [2.05, 4.69) is 17.0 Å². The van der Waals surface area contributed by atoms with E-state index in [4.69, 9.17) is 11.6 Å². The Labute approximate surface area is 105 Å². The molecular weight excluding hydrogens is 238 g/mol. The third kappa shape index (κ3) is 2.69. The van der Waals surface area contributed by atoms with E-state index in [1.165, 1.54) is 30.1 Å². The zero-order valence-corrected chi connectivity index (χ0v) is 10.4. The lowest BCUT2D eigenvalue weighted by molar-refractivity contribution is 0.262. The first-order chi connectivity index (χ1) is 8.22. The molecule has 0 unspecified atom stereocenters. The van der Waals surface area contributed by atoms with Crippen LogP contribution in [0.4, 0.5) is 5.69 Å². The average Bonchev–Trinajstić information content (AvgIpc) is 2.25. The van der Waals surface area contributed by atoms with Crippen LogP contribution in [0.25, 0.3) is 0 Å². The van der Waals surface area contributed by atoms with Crippen molar-refractivity contribution in [1.29, 1.82) is 0 Å². The summed E-state index contributed by atoms with van der Waals surface area (Å²) < 4.78 is 1.50. The summed E-state index contributed by atoms with van der Waals surface area (Å²) in [7, 11) is 0. The Morgan fingerprint density at radius 3 is 3.00 bits per heavy atom. The molecule has 1 N–H and O–H groups in total. The second-order valence-electron chi connectivity index (χ2n) is 4.32. The second kappa shape index (κ2) is 5.36. The highest BCUT2D eigenvalue weighted by molar-refractivity contribution is 6.32. The molecule has 2 rings (SSSR count). The Hall–Kier alpha value is -1.29. The quantitative estimate of drug-likeness (QED) is 0.819. The molecule has 0 aliphatic heterocycles.